The van der Waals surface area contributed by atoms with E-state index in [1.807, 2.05) is 0 Å². The average Bonchev–Trinajstić information content (AvgIpc) is 2.35. The first kappa shape index (κ1) is 12.7. The SMILES string of the molecule is O=[P+](O)O.c1ccc2cc3ccccc3cc2c1. The molecular weight excluding hydrogens is 247 g/mol. The van der Waals surface area contributed by atoms with E-state index in [1.54, 1.807) is 0 Å². The van der Waals surface area contributed by atoms with Crippen LogP contribution >= 0.6 is 8.25 Å². The second kappa shape index (κ2) is 5.69. The number of benzene rings is 3. The summed E-state index contributed by atoms with van der Waals surface area (Å²) in [5.41, 5.74) is 0. The quantitative estimate of drug-likeness (QED) is 0.479. The topological polar surface area (TPSA) is 57.5 Å². The molecule has 18 heavy (non-hydrogen) atoms. The van der Waals surface area contributed by atoms with Crippen LogP contribution in [0.15, 0.2) is 60.7 Å². The van der Waals surface area contributed by atoms with Crippen molar-refractivity contribution in [2.75, 3.05) is 0 Å². The second-order valence-corrected chi connectivity index (χ2v) is 4.30. The third-order valence-corrected chi connectivity index (χ3v) is 2.61. The highest BCUT2D eigenvalue weighted by atomic mass is 31.1. The Labute approximate surface area is 105 Å². The highest BCUT2D eigenvalue weighted by Gasteiger charge is 1.95. The summed E-state index contributed by atoms with van der Waals surface area (Å²) in [6, 6.07) is 21.4. The summed E-state index contributed by atoms with van der Waals surface area (Å²) in [6.07, 6.45) is 0. The molecule has 3 aromatic carbocycles. The van der Waals surface area contributed by atoms with Gasteiger partial charge in [0.25, 0.3) is 0 Å². The van der Waals surface area contributed by atoms with E-state index in [0.717, 1.165) is 0 Å². The highest BCUT2D eigenvalue weighted by molar-refractivity contribution is 7.30. The molecule has 2 N–H and O–H groups in total. The van der Waals surface area contributed by atoms with Crippen molar-refractivity contribution in [2.24, 2.45) is 0 Å². The Balaban J connectivity index is 0.000000267. The van der Waals surface area contributed by atoms with Crippen molar-refractivity contribution >= 4 is 29.8 Å². The standard InChI is InChI=1S/C14H10.HO3P/c1-2-6-12-10-14-8-4-3-7-13(14)9-11(12)5-1;1-4(2)3/h1-10H;(H-,1,2,3)/p+1. The van der Waals surface area contributed by atoms with Crippen molar-refractivity contribution in [2.45, 2.75) is 0 Å². The van der Waals surface area contributed by atoms with Gasteiger partial charge in [-0.15, -0.1) is 9.79 Å². The fraction of sp³-hybridized carbons (Fsp3) is 0. The molecule has 3 rings (SSSR count). The van der Waals surface area contributed by atoms with Crippen molar-refractivity contribution < 1.29 is 14.4 Å². The Morgan fingerprint density at radius 3 is 1.11 bits per heavy atom. The third-order valence-electron chi connectivity index (χ3n) is 2.61. The zero-order valence-corrected chi connectivity index (χ0v) is 10.4. The van der Waals surface area contributed by atoms with Crippen molar-refractivity contribution in [3.63, 3.8) is 0 Å². The van der Waals surface area contributed by atoms with Gasteiger partial charge in [0.15, 0.2) is 0 Å². The maximum atomic E-state index is 8.70. The van der Waals surface area contributed by atoms with E-state index in [0.29, 0.717) is 0 Å². The lowest BCUT2D eigenvalue weighted by Gasteiger charge is -2.00. The van der Waals surface area contributed by atoms with Crippen LogP contribution in [0, 0.1) is 0 Å². The van der Waals surface area contributed by atoms with Crippen LogP contribution in [0.3, 0.4) is 0 Å². The van der Waals surface area contributed by atoms with E-state index in [2.05, 4.69) is 60.7 Å². The smallest absolute Gasteiger partial charge is 0.134 e. The lowest BCUT2D eigenvalue weighted by molar-refractivity contribution is 0.405. The van der Waals surface area contributed by atoms with Crippen LogP contribution in [0.4, 0.5) is 0 Å². The van der Waals surface area contributed by atoms with Gasteiger partial charge in [-0.1, -0.05) is 48.5 Å². The Hall–Kier alpha value is -1.80. The molecule has 0 saturated carbocycles. The van der Waals surface area contributed by atoms with Gasteiger partial charge in [-0.05, 0) is 33.7 Å². The summed E-state index contributed by atoms with van der Waals surface area (Å²) < 4.78 is 8.70. The number of hydrogen-bond donors (Lipinski definition) is 2. The van der Waals surface area contributed by atoms with Crippen molar-refractivity contribution in [1.82, 2.24) is 0 Å². The largest absolute Gasteiger partial charge is 0.692 e. The van der Waals surface area contributed by atoms with E-state index in [-0.39, 0.29) is 0 Å². The number of rotatable bonds is 0. The molecule has 3 aromatic rings. The summed E-state index contributed by atoms with van der Waals surface area (Å²) in [6.45, 7) is 0. The molecule has 4 heteroatoms. The van der Waals surface area contributed by atoms with Crippen LogP contribution in [0.2, 0.25) is 0 Å². The van der Waals surface area contributed by atoms with E-state index >= 15 is 0 Å². The molecule has 0 radical (unpaired) electrons. The van der Waals surface area contributed by atoms with E-state index in [1.165, 1.54) is 21.5 Å². The first-order chi connectivity index (χ1) is 8.66. The number of fused-ring (bicyclic) bond motifs is 2. The fourth-order valence-electron chi connectivity index (χ4n) is 1.88. The lowest BCUT2D eigenvalue weighted by atomic mass is 10.0. The Morgan fingerprint density at radius 1 is 0.667 bits per heavy atom. The molecule has 0 fully saturated rings. The minimum absolute atomic E-state index is 1.31. The first-order valence-corrected chi connectivity index (χ1v) is 6.56. The molecule has 0 atom stereocenters. The van der Waals surface area contributed by atoms with Gasteiger partial charge < -0.3 is 0 Å². The van der Waals surface area contributed by atoms with E-state index in [4.69, 9.17) is 14.4 Å². The van der Waals surface area contributed by atoms with Crippen LogP contribution in [0.25, 0.3) is 21.5 Å². The number of hydrogen-bond acceptors (Lipinski definition) is 1. The molecule has 0 unspecified atom stereocenters. The van der Waals surface area contributed by atoms with Crippen LogP contribution in [0.5, 0.6) is 0 Å². The summed E-state index contributed by atoms with van der Waals surface area (Å²) in [7, 11) is -2.87. The van der Waals surface area contributed by atoms with Gasteiger partial charge in [0.2, 0.25) is 0 Å². The molecule has 90 valence electrons. The van der Waals surface area contributed by atoms with Gasteiger partial charge in [-0.25, -0.2) is 0 Å². The average molecular weight is 259 g/mol. The first-order valence-electron chi connectivity index (χ1n) is 5.39. The minimum Gasteiger partial charge on any atom is -0.134 e. The van der Waals surface area contributed by atoms with Crippen molar-refractivity contribution in [1.29, 1.82) is 0 Å². The molecule has 0 aliphatic carbocycles. The Morgan fingerprint density at radius 2 is 0.889 bits per heavy atom. The normalized spacial score (nSPS) is 9.89. The van der Waals surface area contributed by atoms with Crippen molar-refractivity contribution in [3.05, 3.63) is 60.7 Å². The van der Waals surface area contributed by atoms with Gasteiger partial charge in [0, 0.05) is 4.57 Å². The molecule has 0 aliphatic rings. The van der Waals surface area contributed by atoms with Gasteiger partial charge in [0.05, 0.1) is 0 Å². The molecule has 3 nitrogen and oxygen atoms in total. The zero-order valence-electron chi connectivity index (χ0n) is 9.52. The maximum Gasteiger partial charge on any atom is 0.692 e. The summed E-state index contributed by atoms with van der Waals surface area (Å²) >= 11 is 0. The van der Waals surface area contributed by atoms with Crippen molar-refractivity contribution in [3.8, 4) is 0 Å². The van der Waals surface area contributed by atoms with Crippen LogP contribution in [-0.2, 0) is 4.57 Å². The van der Waals surface area contributed by atoms with Gasteiger partial charge >= 0.3 is 8.25 Å². The Kier molecular flexibility index (Phi) is 4.00. The summed E-state index contributed by atoms with van der Waals surface area (Å²) in [4.78, 5) is 14.2. The van der Waals surface area contributed by atoms with Crippen LogP contribution in [-0.4, -0.2) is 9.79 Å². The van der Waals surface area contributed by atoms with Gasteiger partial charge in [-0.2, -0.15) is 0 Å². The fourth-order valence-corrected chi connectivity index (χ4v) is 1.88. The van der Waals surface area contributed by atoms with Gasteiger partial charge in [-0.3, -0.25) is 0 Å². The monoisotopic (exact) mass is 259 g/mol. The predicted octanol–water partition coefficient (Wildman–Crippen LogP) is 3.62. The molecule has 0 saturated heterocycles. The second-order valence-electron chi connectivity index (χ2n) is 3.80. The Bertz CT molecular complexity index is 586. The molecule has 0 heterocycles. The predicted molar refractivity (Wildman–Crippen MR) is 73.5 cm³/mol. The van der Waals surface area contributed by atoms with E-state index < -0.39 is 8.25 Å². The molecule has 0 spiro atoms. The molecular formula is C14H12O3P+. The van der Waals surface area contributed by atoms with Gasteiger partial charge in [0.1, 0.15) is 0 Å². The molecule has 0 aliphatic heterocycles. The summed E-state index contributed by atoms with van der Waals surface area (Å²) in [5, 5.41) is 5.25. The zero-order chi connectivity index (χ0) is 13.0. The maximum absolute atomic E-state index is 8.70. The van der Waals surface area contributed by atoms with E-state index in [9.17, 15) is 0 Å². The molecule has 0 amide bonds. The van der Waals surface area contributed by atoms with Crippen LogP contribution < -0.4 is 0 Å². The minimum atomic E-state index is -2.87. The lowest BCUT2D eigenvalue weighted by Crippen LogP contribution is -1.74. The summed E-state index contributed by atoms with van der Waals surface area (Å²) in [5.74, 6) is 0. The van der Waals surface area contributed by atoms with Crippen LogP contribution in [0.1, 0.15) is 0 Å². The molecule has 0 aromatic heterocycles. The third kappa shape index (κ3) is 3.11. The highest BCUT2D eigenvalue weighted by Crippen LogP contribution is 2.21. The molecule has 0 bridgehead atoms.